The van der Waals surface area contributed by atoms with Crippen molar-refractivity contribution in [2.24, 2.45) is 35.5 Å². The number of rotatable bonds is 9. The monoisotopic (exact) mass is 821 g/mol. The maximum atomic E-state index is 14.8. The molecule has 0 aromatic rings. The number of thiocarbonyl (C=S) groups is 1. The van der Waals surface area contributed by atoms with E-state index in [0.29, 0.717) is 16.8 Å². The average Bonchev–Trinajstić information content (AvgIpc) is 3.74. The van der Waals surface area contributed by atoms with Gasteiger partial charge in [0.05, 0.1) is 30.8 Å². The quantitative estimate of drug-likeness (QED) is 0.137. The predicted octanol–water partition coefficient (Wildman–Crippen LogP) is 6.90. The van der Waals surface area contributed by atoms with Gasteiger partial charge in [0.25, 0.3) is 0 Å². The SMILES string of the molecule is CC[C@H]1CCC[C@@H](O[C@H]2CC[C@H](N(C)C)[C@@H](C)O2)[C@@H](C)C(=O)C2=C[C@@H]3[C@@H](C=C(C)[C@@H]4C[C@@H](O[C@@H]5O[C@@H](C)[C@H](OC)[C@@H](OC(=S)SC)[C@H]5OC)C[C@@H]34)[C@@H]2CC(=O)O1. The number of hydrogen-bond donors (Lipinski definition) is 0. The average molecular weight is 822 g/mol. The van der Waals surface area contributed by atoms with Crippen LogP contribution >= 0.6 is 24.0 Å². The van der Waals surface area contributed by atoms with Crippen LogP contribution in [0, 0.1) is 35.5 Å². The first-order chi connectivity index (χ1) is 26.8. The van der Waals surface area contributed by atoms with Gasteiger partial charge >= 0.3 is 5.97 Å². The molecular formula is C43H67NO10S2. The van der Waals surface area contributed by atoms with Crippen molar-refractivity contribution in [3.05, 3.63) is 23.3 Å². The van der Waals surface area contributed by atoms with Crippen molar-refractivity contribution in [3.63, 3.8) is 0 Å². The molecule has 3 aliphatic carbocycles. The lowest BCUT2D eigenvalue weighted by atomic mass is 9.67. The molecule has 6 aliphatic rings. The number of Topliss-reactive ketones (excluding diaryl/α,β-unsaturated/α-hetero) is 1. The van der Waals surface area contributed by atoms with Crippen LogP contribution < -0.4 is 0 Å². The first-order valence-corrected chi connectivity index (χ1v) is 22.6. The minimum atomic E-state index is -0.677. The molecule has 17 atom stereocenters. The van der Waals surface area contributed by atoms with E-state index in [4.69, 9.17) is 50.1 Å². The topological polar surface area (TPSA) is 111 Å². The maximum absolute atomic E-state index is 14.8. The number of allylic oxidation sites excluding steroid dienone is 4. The summed E-state index contributed by atoms with van der Waals surface area (Å²) in [6.45, 7) is 10.3. The molecule has 0 amide bonds. The maximum Gasteiger partial charge on any atom is 0.306 e. The summed E-state index contributed by atoms with van der Waals surface area (Å²) in [5.74, 6) is -0.147. The molecule has 0 bridgehead atoms. The van der Waals surface area contributed by atoms with Gasteiger partial charge in [0, 0.05) is 32.1 Å². The molecule has 4 fully saturated rings. The third-order valence-corrected chi connectivity index (χ3v) is 14.8. The molecule has 0 aromatic carbocycles. The Morgan fingerprint density at radius 1 is 0.911 bits per heavy atom. The molecular weight excluding hydrogens is 755 g/mol. The Morgan fingerprint density at radius 2 is 1.66 bits per heavy atom. The van der Waals surface area contributed by atoms with Gasteiger partial charge in [0.1, 0.15) is 18.3 Å². The highest BCUT2D eigenvalue weighted by Crippen LogP contribution is 2.56. The molecule has 6 rings (SSSR count). The zero-order valence-electron chi connectivity index (χ0n) is 35.2. The highest BCUT2D eigenvalue weighted by Gasteiger charge is 2.54. The molecule has 3 aliphatic heterocycles. The van der Waals surface area contributed by atoms with Gasteiger partial charge in [-0.3, -0.25) is 9.59 Å². The lowest BCUT2D eigenvalue weighted by molar-refractivity contribution is -0.308. The molecule has 0 radical (unpaired) electrons. The van der Waals surface area contributed by atoms with E-state index < -0.39 is 18.5 Å². The van der Waals surface area contributed by atoms with Gasteiger partial charge in [-0.2, -0.15) is 0 Å². The van der Waals surface area contributed by atoms with E-state index in [1.807, 2.05) is 20.1 Å². The van der Waals surface area contributed by atoms with Crippen LogP contribution in [0.1, 0.15) is 92.4 Å². The summed E-state index contributed by atoms with van der Waals surface area (Å²) in [4.78, 5) is 30.6. The summed E-state index contributed by atoms with van der Waals surface area (Å²) in [6, 6.07) is 0.330. The normalized spacial score (nSPS) is 43.4. The number of hydrogen-bond acceptors (Lipinski definition) is 13. The number of carbonyl (C=O) groups excluding carboxylic acids is 2. The van der Waals surface area contributed by atoms with Crippen molar-refractivity contribution in [3.8, 4) is 0 Å². The number of esters is 1. The predicted molar refractivity (Wildman–Crippen MR) is 219 cm³/mol. The molecule has 0 aromatic heterocycles. The number of cyclic esters (lactones) is 1. The Hall–Kier alpha value is -1.42. The van der Waals surface area contributed by atoms with Crippen LogP contribution in [0.3, 0.4) is 0 Å². The van der Waals surface area contributed by atoms with Gasteiger partial charge in [-0.05, 0) is 134 Å². The van der Waals surface area contributed by atoms with E-state index in [1.54, 1.807) is 14.2 Å². The molecule has 1 saturated carbocycles. The molecule has 3 heterocycles. The lowest BCUT2D eigenvalue weighted by Gasteiger charge is -2.44. The van der Waals surface area contributed by atoms with Crippen LogP contribution in [0.5, 0.6) is 0 Å². The Bertz CT molecular complexity index is 1460. The van der Waals surface area contributed by atoms with E-state index in [9.17, 15) is 9.59 Å². The number of thioether (sulfide) groups is 1. The molecule has 13 heteroatoms. The fourth-order valence-corrected chi connectivity index (χ4v) is 11.1. The number of methoxy groups -OCH3 is 2. The molecule has 3 saturated heterocycles. The van der Waals surface area contributed by atoms with Crippen molar-refractivity contribution in [1.82, 2.24) is 4.90 Å². The Kier molecular flexibility index (Phi) is 15.2. The van der Waals surface area contributed by atoms with Crippen LogP contribution in [0.4, 0.5) is 0 Å². The second-order valence-corrected chi connectivity index (χ2v) is 18.7. The van der Waals surface area contributed by atoms with Crippen molar-refractivity contribution in [2.75, 3.05) is 34.6 Å². The lowest BCUT2D eigenvalue weighted by Crippen LogP contribution is -2.60. The van der Waals surface area contributed by atoms with Crippen molar-refractivity contribution >= 4 is 40.1 Å². The summed E-state index contributed by atoms with van der Waals surface area (Å²) in [7, 11) is 7.45. The van der Waals surface area contributed by atoms with Gasteiger partial charge in [0.2, 0.25) is 4.38 Å². The van der Waals surface area contributed by atoms with Crippen LogP contribution in [0.2, 0.25) is 0 Å². The van der Waals surface area contributed by atoms with Crippen LogP contribution in [0.15, 0.2) is 23.3 Å². The van der Waals surface area contributed by atoms with Gasteiger partial charge in [-0.25, -0.2) is 0 Å². The molecule has 11 nitrogen and oxygen atoms in total. The number of fused-ring (bicyclic) bond motifs is 5. The number of carbonyl (C=O) groups is 2. The van der Waals surface area contributed by atoms with E-state index in [-0.39, 0.29) is 96.6 Å². The van der Waals surface area contributed by atoms with Crippen molar-refractivity contribution in [2.45, 2.75) is 160 Å². The van der Waals surface area contributed by atoms with Gasteiger partial charge < -0.3 is 42.8 Å². The third-order valence-electron chi connectivity index (χ3n) is 13.8. The summed E-state index contributed by atoms with van der Waals surface area (Å²) in [5, 5.41) is 0. The summed E-state index contributed by atoms with van der Waals surface area (Å²) in [6.07, 6.45) is 9.69. The zero-order valence-corrected chi connectivity index (χ0v) is 36.8. The van der Waals surface area contributed by atoms with Crippen LogP contribution in [-0.4, -0.2) is 123 Å². The largest absolute Gasteiger partial charge is 0.469 e. The molecule has 0 unspecified atom stereocenters. The van der Waals surface area contributed by atoms with Gasteiger partial charge in [-0.1, -0.05) is 43.3 Å². The van der Waals surface area contributed by atoms with Crippen molar-refractivity contribution in [1.29, 1.82) is 0 Å². The van der Waals surface area contributed by atoms with E-state index in [0.717, 1.165) is 50.5 Å². The number of ketones is 1. The molecule has 0 N–H and O–H groups in total. The first-order valence-electron chi connectivity index (χ1n) is 21.0. The zero-order chi connectivity index (χ0) is 40.4. The minimum Gasteiger partial charge on any atom is -0.469 e. The second kappa shape index (κ2) is 19.3. The number of likely N-dealkylation sites (N-methyl/N-ethyl adjacent to an activating group) is 1. The number of ether oxygens (including phenoxy) is 8. The van der Waals surface area contributed by atoms with Gasteiger partial charge in [0.15, 0.2) is 24.5 Å². The van der Waals surface area contributed by atoms with Crippen molar-refractivity contribution < 1.29 is 47.5 Å². The highest BCUT2D eigenvalue weighted by atomic mass is 32.2. The number of nitrogens with zero attached hydrogens (tertiary/aromatic N) is 1. The second-order valence-electron chi connectivity index (χ2n) is 17.3. The minimum absolute atomic E-state index is 0.0204. The Morgan fingerprint density at radius 3 is 2.32 bits per heavy atom. The smallest absolute Gasteiger partial charge is 0.306 e. The summed E-state index contributed by atoms with van der Waals surface area (Å²) < 4.78 is 50.8. The summed E-state index contributed by atoms with van der Waals surface area (Å²) in [5.41, 5.74) is 2.04. The van der Waals surface area contributed by atoms with E-state index >= 15 is 0 Å². The van der Waals surface area contributed by atoms with E-state index in [1.165, 1.54) is 17.3 Å². The molecule has 316 valence electrons. The Labute approximate surface area is 344 Å². The highest BCUT2D eigenvalue weighted by molar-refractivity contribution is 8.22. The van der Waals surface area contributed by atoms with Crippen LogP contribution in [-0.2, 0) is 47.5 Å². The third kappa shape index (κ3) is 9.46. The Balaban J connectivity index is 1.23. The van der Waals surface area contributed by atoms with E-state index in [2.05, 4.69) is 51.9 Å². The summed E-state index contributed by atoms with van der Waals surface area (Å²) >= 11 is 6.80. The fraction of sp³-hybridized carbons (Fsp3) is 0.837. The van der Waals surface area contributed by atoms with Crippen LogP contribution in [0.25, 0.3) is 0 Å². The van der Waals surface area contributed by atoms with Gasteiger partial charge in [-0.15, -0.1) is 0 Å². The molecule has 0 spiro atoms. The first kappa shape index (κ1) is 44.1. The fourth-order valence-electron chi connectivity index (χ4n) is 10.8. The molecule has 56 heavy (non-hydrogen) atoms. The standard InChI is InChI=1S/C43H67NO10S2/c1-11-26-13-12-14-35(53-37-16-15-34(44(6)7)24(4)49-37)23(3)38(46)33-20-31-29(32(33)21-36(45)51-26)17-22(2)28-18-27(19-30(28)31)52-42-41(48-9)40(54-43(55)56-10)39(47-8)25(5)50-42/h17,20,23-32,34-35,37,39-42H,11-16,18-19,21H2,1-10H3/t23-,24-,25+,26+,27-,28+,29-,30-,31-,32+,34+,35-,37+,39+,40-,41-,42+/m1/s1.